The van der Waals surface area contributed by atoms with Gasteiger partial charge in [-0.05, 0) is 23.6 Å². The molecule has 0 saturated heterocycles. The van der Waals surface area contributed by atoms with E-state index in [9.17, 15) is 4.79 Å². The Labute approximate surface area is 140 Å². The lowest BCUT2D eigenvalue weighted by Gasteiger charge is -2.03. The van der Waals surface area contributed by atoms with Gasteiger partial charge in [0.05, 0.1) is 13.0 Å². The Kier molecular flexibility index (Phi) is 5.01. The maximum atomic E-state index is 11.4. The van der Waals surface area contributed by atoms with E-state index in [0.717, 1.165) is 11.1 Å². The molecule has 0 bridgehead atoms. The van der Waals surface area contributed by atoms with Crippen LogP contribution in [0.4, 0.5) is 0 Å². The third kappa shape index (κ3) is 4.07. The lowest BCUT2D eigenvalue weighted by molar-refractivity contribution is -0.142. The van der Waals surface area contributed by atoms with Crippen molar-refractivity contribution >= 4 is 5.97 Å². The Hall–Kier alpha value is -2.95. The molecular formula is C19H18N2O3. The van der Waals surface area contributed by atoms with Gasteiger partial charge in [-0.3, -0.25) is 4.79 Å². The highest BCUT2D eigenvalue weighted by atomic mass is 16.5. The van der Waals surface area contributed by atoms with Crippen LogP contribution in [0, 0.1) is 0 Å². The first-order valence-corrected chi connectivity index (χ1v) is 7.86. The second-order valence-electron chi connectivity index (χ2n) is 5.31. The molecule has 5 heteroatoms. The van der Waals surface area contributed by atoms with Crippen LogP contribution in [0.5, 0.6) is 0 Å². The van der Waals surface area contributed by atoms with Crippen molar-refractivity contribution in [2.75, 3.05) is 6.61 Å². The molecule has 1 aromatic heterocycles. The van der Waals surface area contributed by atoms with Crippen molar-refractivity contribution in [3.8, 4) is 11.1 Å². The number of esters is 1. The number of ether oxygens (including phenoxy) is 1. The van der Waals surface area contributed by atoms with Crippen LogP contribution < -0.4 is 0 Å². The highest BCUT2D eigenvalue weighted by Gasteiger charge is 2.12. The SMILES string of the molecule is CCOC(=O)Cc1nnc(Cc2ccc(-c3ccccc3)cc2)o1. The normalized spacial score (nSPS) is 10.5. The van der Waals surface area contributed by atoms with E-state index in [-0.39, 0.29) is 18.3 Å². The van der Waals surface area contributed by atoms with Gasteiger partial charge in [0.2, 0.25) is 11.8 Å². The zero-order valence-electron chi connectivity index (χ0n) is 13.4. The molecule has 3 rings (SSSR count). The third-order valence-corrected chi connectivity index (χ3v) is 3.53. The molecule has 0 atom stereocenters. The van der Waals surface area contributed by atoms with E-state index < -0.39 is 0 Å². The number of hydrogen-bond acceptors (Lipinski definition) is 5. The minimum Gasteiger partial charge on any atom is -0.466 e. The minimum atomic E-state index is -0.361. The van der Waals surface area contributed by atoms with Crippen LogP contribution in [0.1, 0.15) is 24.3 Å². The van der Waals surface area contributed by atoms with Gasteiger partial charge in [0, 0.05) is 0 Å². The fraction of sp³-hybridized carbons (Fsp3) is 0.211. The quantitative estimate of drug-likeness (QED) is 0.651. The molecule has 0 radical (unpaired) electrons. The smallest absolute Gasteiger partial charge is 0.315 e. The lowest BCUT2D eigenvalue weighted by atomic mass is 10.0. The van der Waals surface area contributed by atoms with Crippen molar-refractivity contribution in [1.82, 2.24) is 10.2 Å². The summed E-state index contributed by atoms with van der Waals surface area (Å²) in [6.45, 7) is 2.10. The summed E-state index contributed by atoms with van der Waals surface area (Å²) in [7, 11) is 0. The van der Waals surface area contributed by atoms with Crippen molar-refractivity contribution in [1.29, 1.82) is 0 Å². The van der Waals surface area contributed by atoms with E-state index in [1.165, 1.54) is 5.56 Å². The Morgan fingerprint density at radius 1 is 0.958 bits per heavy atom. The average Bonchev–Trinajstić information content (AvgIpc) is 3.03. The van der Waals surface area contributed by atoms with Gasteiger partial charge in [0.1, 0.15) is 6.42 Å². The van der Waals surface area contributed by atoms with Gasteiger partial charge in [0.25, 0.3) is 0 Å². The monoisotopic (exact) mass is 322 g/mol. The van der Waals surface area contributed by atoms with E-state index >= 15 is 0 Å². The number of benzene rings is 2. The van der Waals surface area contributed by atoms with Crippen LogP contribution in [-0.4, -0.2) is 22.8 Å². The molecule has 0 aliphatic heterocycles. The number of aromatic nitrogens is 2. The van der Waals surface area contributed by atoms with Gasteiger partial charge in [-0.1, -0.05) is 54.6 Å². The van der Waals surface area contributed by atoms with E-state index in [0.29, 0.717) is 18.9 Å². The average molecular weight is 322 g/mol. The maximum Gasteiger partial charge on any atom is 0.315 e. The van der Waals surface area contributed by atoms with Crippen LogP contribution in [0.3, 0.4) is 0 Å². The van der Waals surface area contributed by atoms with E-state index in [1.54, 1.807) is 6.92 Å². The lowest BCUT2D eigenvalue weighted by Crippen LogP contribution is -2.07. The Morgan fingerprint density at radius 2 is 1.62 bits per heavy atom. The van der Waals surface area contributed by atoms with Crippen LogP contribution in [0.15, 0.2) is 59.0 Å². The number of rotatable bonds is 6. The summed E-state index contributed by atoms with van der Waals surface area (Å²) in [6, 6.07) is 18.4. The Bertz CT molecular complexity index is 795. The topological polar surface area (TPSA) is 65.2 Å². The van der Waals surface area contributed by atoms with Gasteiger partial charge in [-0.2, -0.15) is 0 Å². The molecule has 122 valence electrons. The zero-order chi connectivity index (χ0) is 16.8. The predicted octanol–water partition coefficient (Wildman–Crippen LogP) is 3.43. The molecule has 0 fully saturated rings. The molecule has 0 aliphatic carbocycles. The zero-order valence-corrected chi connectivity index (χ0v) is 13.4. The van der Waals surface area contributed by atoms with Gasteiger partial charge >= 0.3 is 5.97 Å². The van der Waals surface area contributed by atoms with Gasteiger partial charge in [-0.15, -0.1) is 10.2 Å². The molecule has 0 N–H and O–H groups in total. The summed E-state index contributed by atoms with van der Waals surface area (Å²) in [4.78, 5) is 11.4. The molecule has 5 nitrogen and oxygen atoms in total. The molecule has 0 amide bonds. The highest BCUT2D eigenvalue weighted by molar-refractivity contribution is 5.71. The molecule has 24 heavy (non-hydrogen) atoms. The van der Waals surface area contributed by atoms with Crippen LogP contribution in [-0.2, 0) is 22.4 Å². The Morgan fingerprint density at radius 3 is 2.33 bits per heavy atom. The molecule has 0 spiro atoms. The number of nitrogens with zero attached hydrogens (tertiary/aromatic N) is 2. The molecule has 2 aromatic carbocycles. The van der Waals surface area contributed by atoms with E-state index in [2.05, 4.69) is 34.5 Å². The van der Waals surface area contributed by atoms with Crippen LogP contribution in [0.25, 0.3) is 11.1 Å². The summed E-state index contributed by atoms with van der Waals surface area (Å²) >= 11 is 0. The van der Waals surface area contributed by atoms with Crippen molar-refractivity contribution in [3.63, 3.8) is 0 Å². The molecule has 1 heterocycles. The van der Waals surface area contributed by atoms with Crippen molar-refractivity contribution in [3.05, 3.63) is 71.9 Å². The van der Waals surface area contributed by atoms with E-state index in [1.807, 2.05) is 30.3 Å². The number of carbonyl (C=O) groups excluding carboxylic acids is 1. The second-order valence-corrected chi connectivity index (χ2v) is 5.31. The fourth-order valence-electron chi connectivity index (χ4n) is 2.39. The predicted molar refractivity (Wildman–Crippen MR) is 89.3 cm³/mol. The van der Waals surface area contributed by atoms with Crippen LogP contribution >= 0.6 is 0 Å². The van der Waals surface area contributed by atoms with Crippen molar-refractivity contribution < 1.29 is 13.9 Å². The van der Waals surface area contributed by atoms with Gasteiger partial charge in [-0.25, -0.2) is 0 Å². The minimum absolute atomic E-state index is 0.00772. The second kappa shape index (κ2) is 7.55. The first-order valence-electron chi connectivity index (χ1n) is 7.86. The van der Waals surface area contributed by atoms with E-state index in [4.69, 9.17) is 9.15 Å². The standard InChI is InChI=1S/C19H18N2O3/c1-2-23-19(22)13-18-21-20-17(24-18)12-14-8-10-16(11-9-14)15-6-4-3-5-7-15/h3-11H,2,12-13H2,1H3. The fourth-order valence-corrected chi connectivity index (χ4v) is 2.39. The number of hydrogen-bond donors (Lipinski definition) is 0. The van der Waals surface area contributed by atoms with Crippen molar-refractivity contribution in [2.24, 2.45) is 0 Å². The molecule has 0 aliphatic rings. The molecule has 0 saturated carbocycles. The Balaban J connectivity index is 1.64. The third-order valence-electron chi connectivity index (χ3n) is 3.53. The summed E-state index contributed by atoms with van der Waals surface area (Å²) in [5.74, 6) is 0.408. The molecular weight excluding hydrogens is 304 g/mol. The highest BCUT2D eigenvalue weighted by Crippen LogP contribution is 2.20. The first-order chi connectivity index (χ1) is 11.7. The van der Waals surface area contributed by atoms with Crippen LogP contribution in [0.2, 0.25) is 0 Å². The summed E-state index contributed by atoms with van der Waals surface area (Å²) in [5.41, 5.74) is 3.41. The van der Waals surface area contributed by atoms with Gasteiger partial charge < -0.3 is 9.15 Å². The molecule has 3 aromatic rings. The molecule has 0 unspecified atom stereocenters. The summed E-state index contributed by atoms with van der Waals surface area (Å²) < 4.78 is 10.4. The largest absolute Gasteiger partial charge is 0.466 e. The first kappa shape index (κ1) is 15.9. The maximum absolute atomic E-state index is 11.4. The number of carbonyl (C=O) groups is 1. The summed E-state index contributed by atoms with van der Waals surface area (Å²) in [5, 5.41) is 7.86. The van der Waals surface area contributed by atoms with Gasteiger partial charge in [0.15, 0.2) is 0 Å². The van der Waals surface area contributed by atoms with Crippen molar-refractivity contribution in [2.45, 2.75) is 19.8 Å². The summed E-state index contributed by atoms with van der Waals surface area (Å²) in [6.07, 6.45) is 0.540.